The van der Waals surface area contributed by atoms with Crippen LogP contribution in [-0.4, -0.2) is 28.3 Å². The van der Waals surface area contributed by atoms with Crippen molar-refractivity contribution in [3.8, 4) is 5.75 Å². The monoisotopic (exact) mass is 362 g/mol. The van der Waals surface area contributed by atoms with E-state index in [0.29, 0.717) is 12.2 Å². The lowest BCUT2D eigenvalue weighted by Gasteiger charge is -2.04. The fourth-order valence-corrected chi connectivity index (χ4v) is 2.86. The molecule has 0 aliphatic heterocycles. The fourth-order valence-electron chi connectivity index (χ4n) is 2.86. The van der Waals surface area contributed by atoms with Gasteiger partial charge in [-0.2, -0.15) is 5.10 Å². The summed E-state index contributed by atoms with van der Waals surface area (Å²) < 4.78 is 7.59. The first-order valence-electron chi connectivity index (χ1n) is 8.76. The van der Waals surface area contributed by atoms with Gasteiger partial charge >= 0.3 is 0 Å². The number of carbonyl (C=O) groups excluding carboxylic acids is 1. The summed E-state index contributed by atoms with van der Waals surface area (Å²) in [5, 5.41) is 4.03. The van der Waals surface area contributed by atoms with Crippen molar-refractivity contribution in [2.45, 2.75) is 20.4 Å². The topological polar surface area (TPSA) is 68.5 Å². The molecule has 0 saturated heterocycles. The van der Waals surface area contributed by atoms with E-state index in [1.165, 1.54) is 0 Å². The van der Waals surface area contributed by atoms with Crippen LogP contribution < -0.4 is 10.2 Å². The Kier molecular flexibility index (Phi) is 5.66. The summed E-state index contributed by atoms with van der Waals surface area (Å²) in [7, 11) is 0. The number of carbonyl (C=O) groups is 1. The number of hydrazone groups is 1. The van der Waals surface area contributed by atoms with Crippen molar-refractivity contribution in [1.29, 1.82) is 0 Å². The molecule has 0 unspecified atom stereocenters. The summed E-state index contributed by atoms with van der Waals surface area (Å²) in [6, 6.07) is 12.9. The van der Waals surface area contributed by atoms with Gasteiger partial charge in [-0.1, -0.05) is 24.8 Å². The molecule has 27 heavy (non-hydrogen) atoms. The van der Waals surface area contributed by atoms with Crippen molar-refractivity contribution >= 4 is 23.2 Å². The van der Waals surface area contributed by atoms with Gasteiger partial charge in [0.25, 0.3) is 5.91 Å². The Hall–Kier alpha value is -3.41. The Morgan fingerprint density at radius 3 is 2.96 bits per heavy atom. The predicted molar refractivity (Wildman–Crippen MR) is 107 cm³/mol. The number of imidazole rings is 1. The number of nitrogens with zero attached hydrogens (tertiary/aromatic N) is 3. The van der Waals surface area contributed by atoms with Gasteiger partial charge < -0.3 is 9.30 Å². The number of benzene rings is 2. The second-order valence-corrected chi connectivity index (χ2v) is 5.98. The van der Waals surface area contributed by atoms with E-state index < -0.39 is 0 Å². The zero-order chi connectivity index (χ0) is 19.2. The molecule has 0 radical (unpaired) electrons. The molecule has 0 spiro atoms. The number of hydrogen-bond acceptors (Lipinski definition) is 4. The van der Waals surface area contributed by atoms with E-state index in [-0.39, 0.29) is 5.91 Å². The van der Waals surface area contributed by atoms with Crippen molar-refractivity contribution < 1.29 is 9.53 Å². The predicted octanol–water partition coefficient (Wildman–Crippen LogP) is 3.69. The molecular weight excluding hydrogens is 340 g/mol. The Morgan fingerprint density at radius 1 is 1.33 bits per heavy atom. The first kappa shape index (κ1) is 18.4. The van der Waals surface area contributed by atoms with Crippen LogP contribution in [0.1, 0.15) is 28.7 Å². The number of nitrogens with one attached hydrogen (secondary N) is 1. The minimum atomic E-state index is -0.282. The summed E-state index contributed by atoms with van der Waals surface area (Å²) >= 11 is 0. The highest BCUT2D eigenvalue weighted by Crippen LogP contribution is 2.18. The molecule has 3 rings (SSSR count). The zero-order valence-electron chi connectivity index (χ0n) is 15.5. The number of aryl methyl sites for hydroxylation is 2. The fraction of sp³-hybridized carbons (Fsp3) is 0.190. The van der Waals surface area contributed by atoms with Crippen molar-refractivity contribution in [3.05, 3.63) is 72.1 Å². The normalized spacial score (nSPS) is 11.0. The number of fused-ring (bicyclic) bond motifs is 1. The lowest BCUT2D eigenvalue weighted by atomic mass is 10.2. The maximum absolute atomic E-state index is 12.4. The van der Waals surface area contributed by atoms with E-state index in [0.717, 1.165) is 34.7 Å². The van der Waals surface area contributed by atoms with Crippen molar-refractivity contribution in [1.82, 2.24) is 15.0 Å². The van der Waals surface area contributed by atoms with Crippen LogP contribution in [0.4, 0.5) is 0 Å². The van der Waals surface area contributed by atoms with Crippen LogP contribution in [0.3, 0.4) is 0 Å². The minimum absolute atomic E-state index is 0.282. The maximum Gasteiger partial charge on any atom is 0.271 e. The Balaban J connectivity index is 1.69. The molecule has 1 N–H and O–H groups in total. The smallest absolute Gasteiger partial charge is 0.271 e. The summed E-state index contributed by atoms with van der Waals surface area (Å²) in [5.74, 6) is 1.37. The van der Waals surface area contributed by atoms with Gasteiger partial charge in [0.1, 0.15) is 18.2 Å². The van der Waals surface area contributed by atoms with Crippen LogP contribution in [0.25, 0.3) is 11.0 Å². The van der Waals surface area contributed by atoms with Gasteiger partial charge in [-0.05, 0) is 49.7 Å². The third-order valence-electron chi connectivity index (χ3n) is 4.12. The van der Waals surface area contributed by atoms with Crippen LogP contribution >= 0.6 is 0 Å². The summed E-state index contributed by atoms with van der Waals surface area (Å²) in [6.07, 6.45) is 3.26. The van der Waals surface area contributed by atoms with Crippen molar-refractivity contribution in [3.63, 3.8) is 0 Å². The molecule has 138 valence electrons. The van der Waals surface area contributed by atoms with Gasteiger partial charge in [0.05, 0.1) is 17.2 Å². The van der Waals surface area contributed by atoms with Gasteiger partial charge in [0.2, 0.25) is 0 Å². The number of ether oxygens (including phenoxy) is 1. The summed E-state index contributed by atoms with van der Waals surface area (Å²) in [4.78, 5) is 16.9. The van der Waals surface area contributed by atoms with Gasteiger partial charge in [-0.3, -0.25) is 4.79 Å². The Bertz CT molecular complexity index is 1000. The molecule has 6 heteroatoms. The second kappa shape index (κ2) is 8.31. The molecule has 2 aromatic carbocycles. The Morgan fingerprint density at radius 2 is 2.19 bits per heavy atom. The second-order valence-electron chi connectivity index (χ2n) is 5.98. The van der Waals surface area contributed by atoms with E-state index in [4.69, 9.17) is 4.74 Å². The molecular formula is C21H22N4O2. The summed E-state index contributed by atoms with van der Waals surface area (Å²) in [5.41, 5.74) is 5.71. The molecule has 3 aromatic rings. The molecule has 0 saturated carbocycles. The van der Waals surface area contributed by atoms with Gasteiger partial charge in [0.15, 0.2) is 0 Å². The molecule has 0 atom stereocenters. The minimum Gasteiger partial charge on any atom is -0.490 e. The maximum atomic E-state index is 12.4. The summed E-state index contributed by atoms with van der Waals surface area (Å²) in [6.45, 7) is 8.93. The third kappa shape index (κ3) is 4.23. The number of rotatable bonds is 7. The van der Waals surface area contributed by atoms with E-state index in [2.05, 4.69) is 33.6 Å². The average Bonchev–Trinajstić information content (AvgIpc) is 3.00. The van der Waals surface area contributed by atoms with Gasteiger partial charge in [-0.25, -0.2) is 10.4 Å². The highest BCUT2D eigenvalue weighted by molar-refractivity contribution is 5.97. The lowest BCUT2D eigenvalue weighted by molar-refractivity contribution is 0.0955. The standard InChI is InChI=1S/C21H22N4O2/c1-4-11-27-18-8-6-7-16(12-18)14-22-24-21(26)17-9-10-20-19(13-17)23-15(3)25(20)5-2/h4,6-10,12-14H,1,5,11H2,2-3H3,(H,24,26)/b22-14-. The van der Waals surface area contributed by atoms with Crippen molar-refractivity contribution in [2.24, 2.45) is 5.10 Å². The molecule has 0 aliphatic carbocycles. The first-order valence-corrected chi connectivity index (χ1v) is 8.76. The lowest BCUT2D eigenvalue weighted by Crippen LogP contribution is -2.17. The van der Waals surface area contributed by atoms with Crippen molar-refractivity contribution in [2.75, 3.05) is 6.61 Å². The van der Waals surface area contributed by atoms with Crippen LogP contribution in [0.5, 0.6) is 5.75 Å². The SMILES string of the molecule is C=CCOc1cccc(/C=N\NC(=O)c2ccc3c(c2)nc(C)n3CC)c1. The van der Waals surface area contributed by atoms with Crippen LogP contribution in [0, 0.1) is 6.92 Å². The van der Waals surface area contributed by atoms with E-state index >= 15 is 0 Å². The third-order valence-corrected chi connectivity index (χ3v) is 4.12. The molecule has 0 fully saturated rings. The highest BCUT2D eigenvalue weighted by atomic mass is 16.5. The van der Waals surface area contributed by atoms with E-state index in [1.807, 2.05) is 37.3 Å². The number of amides is 1. The molecule has 1 amide bonds. The van der Waals surface area contributed by atoms with Gasteiger partial charge in [-0.15, -0.1) is 0 Å². The molecule has 1 aromatic heterocycles. The van der Waals surface area contributed by atoms with E-state index in [9.17, 15) is 4.79 Å². The van der Waals surface area contributed by atoms with Crippen LogP contribution in [-0.2, 0) is 6.54 Å². The highest BCUT2D eigenvalue weighted by Gasteiger charge is 2.10. The molecule has 1 heterocycles. The molecule has 0 bridgehead atoms. The number of hydrogen-bond donors (Lipinski definition) is 1. The van der Waals surface area contributed by atoms with Crippen LogP contribution in [0.2, 0.25) is 0 Å². The Labute approximate surface area is 158 Å². The average molecular weight is 362 g/mol. The van der Waals surface area contributed by atoms with Gasteiger partial charge in [0, 0.05) is 12.1 Å². The molecule has 0 aliphatic rings. The largest absolute Gasteiger partial charge is 0.490 e. The first-order chi connectivity index (χ1) is 13.1. The number of aromatic nitrogens is 2. The zero-order valence-corrected chi connectivity index (χ0v) is 15.5. The van der Waals surface area contributed by atoms with E-state index in [1.54, 1.807) is 24.4 Å². The van der Waals surface area contributed by atoms with Crippen LogP contribution in [0.15, 0.2) is 60.2 Å². The molecule has 6 nitrogen and oxygen atoms in total. The quantitative estimate of drug-likeness (QED) is 0.396.